The monoisotopic (exact) mass is 287 g/mol. The molecule has 1 heterocycles. The minimum absolute atomic E-state index is 0.407. The van der Waals surface area contributed by atoms with Gasteiger partial charge in [0, 0.05) is 18.9 Å². The van der Waals surface area contributed by atoms with Crippen LogP contribution in [0.1, 0.15) is 48.2 Å². The minimum Gasteiger partial charge on any atom is -0.339 e. The molecule has 2 rings (SSSR count). The molecule has 1 N–H and O–H groups in total. The Kier molecular flexibility index (Phi) is 5.51. The predicted octanol–water partition coefficient (Wildman–Crippen LogP) is 3.21. The van der Waals surface area contributed by atoms with E-state index in [1.165, 1.54) is 16.7 Å². The summed E-state index contributed by atoms with van der Waals surface area (Å²) >= 11 is 0. The van der Waals surface area contributed by atoms with Crippen LogP contribution >= 0.6 is 0 Å². The topological polar surface area (TPSA) is 51.0 Å². The Balaban J connectivity index is 2.00. The molecule has 0 radical (unpaired) electrons. The van der Waals surface area contributed by atoms with Crippen LogP contribution in [0, 0.1) is 13.8 Å². The van der Waals surface area contributed by atoms with Gasteiger partial charge in [0.25, 0.3) is 0 Å². The molecule has 0 saturated heterocycles. The highest BCUT2D eigenvalue weighted by Gasteiger charge is 2.13. The standard InChI is InChI=1S/C17H25N3O/c1-5-6-15(18-4)11-17-19-16(20-21-17)10-14-8-7-12(2)13(3)9-14/h7-9,15,18H,5-6,10-11H2,1-4H3. The Morgan fingerprint density at radius 1 is 1.24 bits per heavy atom. The van der Waals surface area contributed by atoms with Crippen molar-refractivity contribution < 1.29 is 4.52 Å². The molecule has 1 aromatic heterocycles. The highest BCUT2D eigenvalue weighted by atomic mass is 16.5. The largest absolute Gasteiger partial charge is 0.339 e. The van der Waals surface area contributed by atoms with E-state index in [2.05, 4.69) is 54.4 Å². The molecule has 0 saturated carbocycles. The number of benzene rings is 1. The zero-order valence-corrected chi connectivity index (χ0v) is 13.4. The second kappa shape index (κ2) is 7.36. The molecule has 2 aromatic rings. The van der Waals surface area contributed by atoms with Crippen LogP contribution in [-0.2, 0) is 12.8 Å². The maximum atomic E-state index is 5.37. The molecule has 0 aliphatic rings. The molecule has 114 valence electrons. The van der Waals surface area contributed by atoms with Crippen molar-refractivity contribution >= 4 is 0 Å². The third kappa shape index (κ3) is 4.39. The van der Waals surface area contributed by atoms with Gasteiger partial charge in [-0.2, -0.15) is 4.98 Å². The van der Waals surface area contributed by atoms with Gasteiger partial charge in [0.1, 0.15) is 0 Å². The van der Waals surface area contributed by atoms with Gasteiger partial charge < -0.3 is 9.84 Å². The normalized spacial score (nSPS) is 12.6. The molecule has 0 amide bonds. The second-order valence-corrected chi connectivity index (χ2v) is 5.68. The highest BCUT2D eigenvalue weighted by molar-refractivity contribution is 5.31. The number of nitrogens with zero attached hydrogens (tertiary/aromatic N) is 2. The summed E-state index contributed by atoms with van der Waals surface area (Å²) in [6.07, 6.45) is 3.79. The SMILES string of the molecule is CCCC(Cc1nc(Cc2ccc(C)c(C)c2)no1)NC. The van der Waals surface area contributed by atoms with Crippen LogP contribution in [0.3, 0.4) is 0 Å². The highest BCUT2D eigenvalue weighted by Crippen LogP contribution is 2.13. The first kappa shape index (κ1) is 15.7. The fourth-order valence-electron chi connectivity index (χ4n) is 2.45. The molecule has 0 aliphatic heterocycles. The van der Waals surface area contributed by atoms with Crippen molar-refractivity contribution in [3.63, 3.8) is 0 Å². The van der Waals surface area contributed by atoms with E-state index in [4.69, 9.17) is 4.52 Å². The number of hydrogen-bond acceptors (Lipinski definition) is 4. The van der Waals surface area contributed by atoms with Gasteiger partial charge in [-0.3, -0.25) is 0 Å². The fourth-order valence-corrected chi connectivity index (χ4v) is 2.45. The molecule has 4 nitrogen and oxygen atoms in total. The van der Waals surface area contributed by atoms with Gasteiger partial charge in [-0.1, -0.05) is 36.7 Å². The zero-order valence-electron chi connectivity index (χ0n) is 13.4. The number of aryl methyl sites for hydroxylation is 2. The average Bonchev–Trinajstić information content (AvgIpc) is 2.89. The zero-order chi connectivity index (χ0) is 15.2. The van der Waals surface area contributed by atoms with E-state index in [1.54, 1.807) is 0 Å². The minimum atomic E-state index is 0.407. The smallest absolute Gasteiger partial charge is 0.228 e. The number of likely N-dealkylation sites (N-methyl/N-ethyl adjacent to an activating group) is 1. The van der Waals surface area contributed by atoms with Crippen LogP contribution < -0.4 is 5.32 Å². The summed E-state index contributed by atoms with van der Waals surface area (Å²) in [5, 5.41) is 7.39. The van der Waals surface area contributed by atoms with Crippen LogP contribution in [0.4, 0.5) is 0 Å². The summed E-state index contributed by atoms with van der Waals surface area (Å²) in [7, 11) is 1.98. The number of nitrogens with one attached hydrogen (secondary N) is 1. The summed E-state index contributed by atoms with van der Waals surface area (Å²) in [5.74, 6) is 1.49. The van der Waals surface area contributed by atoms with Gasteiger partial charge in [-0.05, 0) is 44.0 Å². The first-order valence-electron chi connectivity index (χ1n) is 7.67. The van der Waals surface area contributed by atoms with Gasteiger partial charge in [0.05, 0.1) is 0 Å². The van der Waals surface area contributed by atoms with E-state index in [0.29, 0.717) is 6.04 Å². The van der Waals surface area contributed by atoms with Crippen molar-refractivity contribution in [1.29, 1.82) is 0 Å². The first-order valence-corrected chi connectivity index (χ1v) is 7.67. The van der Waals surface area contributed by atoms with Crippen molar-refractivity contribution in [2.45, 2.75) is 52.5 Å². The van der Waals surface area contributed by atoms with E-state index in [9.17, 15) is 0 Å². The van der Waals surface area contributed by atoms with Crippen molar-refractivity contribution in [1.82, 2.24) is 15.5 Å². The quantitative estimate of drug-likeness (QED) is 0.849. The average molecular weight is 287 g/mol. The summed E-state index contributed by atoms with van der Waals surface area (Å²) in [6.45, 7) is 6.43. The van der Waals surface area contributed by atoms with Crippen molar-refractivity contribution in [2.24, 2.45) is 0 Å². The predicted molar refractivity (Wildman–Crippen MR) is 84.5 cm³/mol. The molecule has 0 spiro atoms. The molecule has 1 unspecified atom stereocenters. The molecule has 0 fully saturated rings. The molecule has 21 heavy (non-hydrogen) atoms. The van der Waals surface area contributed by atoms with E-state index in [0.717, 1.165) is 37.4 Å². The lowest BCUT2D eigenvalue weighted by Crippen LogP contribution is -2.27. The van der Waals surface area contributed by atoms with Crippen molar-refractivity contribution in [3.8, 4) is 0 Å². The Morgan fingerprint density at radius 3 is 2.71 bits per heavy atom. The summed E-state index contributed by atoms with van der Waals surface area (Å²) in [4.78, 5) is 4.51. The van der Waals surface area contributed by atoms with E-state index < -0.39 is 0 Å². The van der Waals surface area contributed by atoms with E-state index >= 15 is 0 Å². The molecule has 0 aliphatic carbocycles. The number of aromatic nitrogens is 2. The van der Waals surface area contributed by atoms with Crippen LogP contribution in [0.15, 0.2) is 22.7 Å². The second-order valence-electron chi connectivity index (χ2n) is 5.68. The van der Waals surface area contributed by atoms with Crippen molar-refractivity contribution in [3.05, 3.63) is 46.6 Å². The Labute approximate surface area is 127 Å². The van der Waals surface area contributed by atoms with E-state index in [1.807, 2.05) is 7.05 Å². The molecule has 4 heteroatoms. The molecule has 1 atom stereocenters. The molecule has 0 bridgehead atoms. The van der Waals surface area contributed by atoms with Crippen LogP contribution in [0.5, 0.6) is 0 Å². The Hall–Kier alpha value is -1.68. The molecular weight excluding hydrogens is 262 g/mol. The van der Waals surface area contributed by atoms with Crippen LogP contribution in [-0.4, -0.2) is 23.2 Å². The lowest BCUT2D eigenvalue weighted by atomic mass is 10.0. The lowest BCUT2D eigenvalue weighted by Gasteiger charge is -2.11. The number of hydrogen-bond donors (Lipinski definition) is 1. The van der Waals surface area contributed by atoms with Crippen LogP contribution in [0.2, 0.25) is 0 Å². The lowest BCUT2D eigenvalue weighted by molar-refractivity contribution is 0.352. The van der Waals surface area contributed by atoms with Gasteiger partial charge in [0.2, 0.25) is 5.89 Å². The first-order chi connectivity index (χ1) is 10.1. The third-order valence-electron chi connectivity index (χ3n) is 3.91. The van der Waals surface area contributed by atoms with E-state index in [-0.39, 0.29) is 0 Å². The third-order valence-corrected chi connectivity index (χ3v) is 3.91. The van der Waals surface area contributed by atoms with Crippen LogP contribution in [0.25, 0.3) is 0 Å². The summed E-state index contributed by atoms with van der Waals surface area (Å²) in [5.41, 5.74) is 3.84. The maximum absolute atomic E-state index is 5.37. The number of rotatable bonds is 7. The molecular formula is C17H25N3O. The van der Waals surface area contributed by atoms with Gasteiger partial charge in [-0.25, -0.2) is 0 Å². The Bertz CT molecular complexity index is 577. The van der Waals surface area contributed by atoms with Gasteiger partial charge >= 0.3 is 0 Å². The maximum Gasteiger partial charge on any atom is 0.228 e. The fraction of sp³-hybridized carbons (Fsp3) is 0.529. The van der Waals surface area contributed by atoms with Gasteiger partial charge in [-0.15, -0.1) is 0 Å². The summed E-state index contributed by atoms with van der Waals surface area (Å²) < 4.78 is 5.37. The van der Waals surface area contributed by atoms with Gasteiger partial charge in [0.15, 0.2) is 5.82 Å². The molecule has 1 aromatic carbocycles. The van der Waals surface area contributed by atoms with Crippen molar-refractivity contribution in [2.75, 3.05) is 7.05 Å². The summed E-state index contributed by atoms with van der Waals surface area (Å²) in [6, 6.07) is 6.87. The Morgan fingerprint density at radius 2 is 2.05 bits per heavy atom.